The van der Waals surface area contributed by atoms with Gasteiger partial charge in [-0.3, -0.25) is 9.59 Å². The van der Waals surface area contributed by atoms with Crippen molar-refractivity contribution >= 4 is 11.9 Å². The first kappa shape index (κ1) is 11.0. The number of carbonyl (C=O) groups is 2. The molecule has 0 saturated heterocycles. The van der Waals surface area contributed by atoms with Gasteiger partial charge in [0.1, 0.15) is 0 Å². The molecule has 1 fully saturated rings. The molecule has 1 aliphatic carbocycles. The summed E-state index contributed by atoms with van der Waals surface area (Å²) in [6.45, 7) is 0.668. The summed E-state index contributed by atoms with van der Waals surface area (Å²) >= 11 is 0. The predicted molar refractivity (Wildman–Crippen MR) is 50.7 cm³/mol. The fourth-order valence-electron chi connectivity index (χ4n) is 0.992. The minimum absolute atomic E-state index is 0.0462. The van der Waals surface area contributed by atoms with Crippen LogP contribution in [0, 0.1) is 0 Å². The second-order valence-corrected chi connectivity index (χ2v) is 3.34. The van der Waals surface area contributed by atoms with Crippen molar-refractivity contribution in [3.8, 4) is 0 Å². The Balaban J connectivity index is 1.91. The van der Waals surface area contributed by atoms with E-state index in [4.69, 9.17) is 0 Å². The van der Waals surface area contributed by atoms with Gasteiger partial charge in [0.25, 0.3) is 0 Å². The van der Waals surface area contributed by atoms with Crippen LogP contribution >= 0.6 is 0 Å². The van der Waals surface area contributed by atoms with E-state index in [2.05, 4.69) is 15.4 Å². The maximum Gasteiger partial charge on any atom is 0.319 e. The Bertz CT molecular complexity index is 214. The van der Waals surface area contributed by atoms with Gasteiger partial charge in [-0.2, -0.15) is 0 Å². The number of ether oxygens (including phenoxy) is 1. The summed E-state index contributed by atoms with van der Waals surface area (Å²) in [5.41, 5.74) is 0. The second-order valence-electron chi connectivity index (χ2n) is 3.34. The second kappa shape index (κ2) is 5.59. The van der Waals surface area contributed by atoms with Crippen LogP contribution in [-0.4, -0.2) is 38.1 Å². The highest BCUT2D eigenvalue weighted by Gasteiger charge is 2.22. The zero-order valence-corrected chi connectivity index (χ0v) is 8.34. The van der Waals surface area contributed by atoms with E-state index in [1.54, 1.807) is 0 Å². The van der Waals surface area contributed by atoms with Crippen molar-refractivity contribution in [2.24, 2.45) is 0 Å². The van der Waals surface area contributed by atoms with E-state index in [1.165, 1.54) is 7.11 Å². The van der Waals surface area contributed by atoms with Crippen LogP contribution in [0.2, 0.25) is 0 Å². The third kappa shape index (κ3) is 4.81. The first-order valence-corrected chi connectivity index (χ1v) is 4.79. The normalized spacial score (nSPS) is 14.9. The van der Waals surface area contributed by atoms with E-state index >= 15 is 0 Å². The lowest BCUT2D eigenvalue weighted by molar-refractivity contribution is -0.139. The average Bonchev–Trinajstić information content (AvgIpc) is 2.95. The Morgan fingerprint density at radius 3 is 2.71 bits per heavy atom. The maximum absolute atomic E-state index is 11.1. The summed E-state index contributed by atoms with van der Waals surface area (Å²) in [6.07, 6.45) is 2.61. The van der Waals surface area contributed by atoms with Gasteiger partial charge < -0.3 is 15.4 Å². The SMILES string of the molecule is COC(=O)CNCCC(=O)NC1CC1. The number of amides is 1. The number of nitrogens with one attached hydrogen (secondary N) is 2. The third-order valence-corrected chi connectivity index (χ3v) is 1.97. The zero-order chi connectivity index (χ0) is 10.4. The fraction of sp³-hybridized carbons (Fsp3) is 0.778. The lowest BCUT2D eigenvalue weighted by Gasteiger charge is -2.04. The molecule has 1 aliphatic rings. The van der Waals surface area contributed by atoms with Gasteiger partial charge >= 0.3 is 5.97 Å². The van der Waals surface area contributed by atoms with Crippen molar-refractivity contribution < 1.29 is 14.3 Å². The van der Waals surface area contributed by atoms with Crippen LogP contribution in [0.15, 0.2) is 0 Å². The van der Waals surface area contributed by atoms with E-state index in [0.717, 1.165) is 12.8 Å². The van der Waals surface area contributed by atoms with Crippen LogP contribution < -0.4 is 10.6 Å². The third-order valence-electron chi connectivity index (χ3n) is 1.97. The number of hydrogen-bond donors (Lipinski definition) is 2. The molecule has 5 heteroatoms. The lowest BCUT2D eigenvalue weighted by atomic mass is 10.4. The highest BCUT2D eigenvalue weighted by Crippen LogP contribution is 2.18. The fourth-order valence-corrected chi connectivity index (χ4v) is 0.992. The molecule has 0 aromatic carbocycles. The van der Waals surface area contributed by atoms with Gasteiger partial charge in [-0.05, 0) is 12.8 Å². The van der Waals surface area contributed by atoms with Gasteiger partial charge in [-0.1, -0.05) is 0 Å². The lowest BCUT2D eigenvalue weighted by Crippen LogP contribution is -2.31. The van der Waals surface area contributed by atoms with Gasteiger partial charge in [0.15, 0.2) is 0 Å². The average molecular weight is 200 g/mol. The molecule has 1 amide bonds. The smallest absolute Gasteiger partial charge is 0.319 e. The van der Waals surface area contributed by atoms with E-state index in [1.807, 2.05) is 0 Å². The Kier molecular flexibility index (Phi) is 4.39. The van der Waals surface area contributed by atoms with E-state index in [0.29, 0.717) is 19.0 Å². The van der Waals surface area contributed by atoms with Gasteiger partial charge in [0.2, 0.25) is 5.91 Å². The summed E-state index contributed by atoms with van der Waals surface area (Å²) < 4.78 is 4.43. The first-order chi connectivity index (χ1) is 6.72. The monoisotopic (exact) mass is 200 g/mol. The van der Waals surface area contributed by atoms with E-state index < -0.39 is 0 Å². The van der Waals surface area contributed by atoms with Crippen LogP contribution in [0.25, 0.3) is 0 Å². The number of rotatable bonds is 6. The highest BCUT2D eigenvalue weighted by atomic mass is 16.5. The standard InChI is InChI=1S/C9H16N2O3/c1-14-9(13)6-10-5-4-8(12)11-7-2-3-7/h7,10H,2-6H2,1H3,(H,11,12). The quantitative estimate of drug-likeness (QED) is 0.444. The molecule has 0 heterocycles. The number of carbonyl (C=O) groups excluding carboxylic acids is 2. The van der Waals surface area contributed by atoms with Gasteiger partial charge in [0, 0.05) is 19.0 Å². The summed E-state index contributed by atoms with van der Waals surface area (Å²) in [5.74, 6) is -0.266. The minimum Gasteiger partial charge on any atom is -0.468 e. The highest BCUT2D eigenvalue weighted by molar-refractivity contribution is 5.77. The molecule has 0 bridgehead atoms. The van der Waals surface area contributed by atoms with Crippen LogP contribution in [-0.2, 0) is 14.3 Å². The molecule has 0 spiro atoms. The summed E-state index contributed by atoms with van der Waals surface area (Å²) in [4.78, 5) is 21.8. The zero-order valence-electron chi connectivity index (χ0n) is 8.34. The molecule has 0 aromatic rings. The molecule has 1 rings (SSSR count). The molecule has 5 nitrogen and oxygen atoms in total. The summed E-state index contributed by atoms with van der Waals surface area (Å²) in [7, 11) is 1.34. The van der Waals surface area contributed by atoms with Crippen LogP contribution in [0.1, 0.15) is 19.3 Å². The number of esters is 1. The molecule has 14 heavy (non-hydrogen) atoms. The Hall–Kier alpha value is -1.10. The number of hydrogen-bond acceptors (Lipinski definition) is 4. The van der Waals surface area contributed by atoms with Crippen molar-refractivity contribution in [1.29, 1.82) is 0 Å². The van der Waals surface area contributed by atoms with Crippen molar-refractivity contribution in [2.45, 2.75) is 25.3 Å². The van der Waals surface area contributed by atoms with Crippen LogP contribution in [0.3, 0.4) is 0 Å². The van der Waals surface area contributed by atoms with Crippen molar-refractivity contribution in [2.75, 3.05) is 20.2 Å². The van der Waals surface area contributed by atoms with E-state index in [-0.39, 0.29) is 18.4 Å². The largest absolute Gasteiger partial charge is 0.468 e. The molecule has 80 valence electrons. The number of methoxy groups -OCH3 is 1. The Labute approximate surface area is 83.2 Å². The predicted octanol–water partition coefficient (Wildman–Crippen LogP) is -0.582. The molecular formula is C9H16N2O3. The Morgan fingerprint density at radius 2 is 2.14 bits per heavy atom. The van der Waals surface area contributed by atoms with Gasteiger partial charge in [-0.25, -0.2) is 0 Å². The first-order valence-electron chi connectivity index (χ1n) is 4.79. The molecule has 1 saturated carbocycles. The Morgan fingerprint density at radius 1 is 1.43 bits per heavy atom. The maximum atomic E-state index is 11.1. The van der Waals surface area contributed by atoms with Crippen LogP contribution in [0.4, 0.5) is 0 Å². The molecule has 0 aliphatic heterocycles. The summed E-state index contributed by atoms with van der Waals surface area (Å²) in [6, 6.07) is 0.406. The molecule has 0 radical (unpaired) electrons. The summed E-state index contributed by atoms with van der Waals surface area (Å²) in [5, 5.41) is 5.69. The van der Waals surface area contributed by atoms with Gasteiger partial charge in [0.05, 0.1) is 13.7 Å². The minimum atomic E-state index is -0.312. The molecule has 2 N–H and O–H groups in total. The molecular weight excluding hydrogens is 184 g/mol. The van der Waals surface area contributed by atoms with Gasteiger partial charge in [-0.15, -0.1) is 0 Å². The topological polar surface area (TPSA) is 67.4 Å². The van der Waals surface area contributed by atoms with Crippen molar-refractivity contribution in [1.82, 2.24) is 10.6 Å². The van der Waals surface area contributed by atoms with E-state index in [9.17, 15) is 9.59 Å². The molecule has 0 unspecified atom stereocenters. The molecule has 0 aromatic heterocycles. The van der Waals surface area contributed by atoms with Crippen LogP contribution in [0.5, 0.6) is 0 Å². The van der Waals surface area contributed by atoms with Crippen molar-refractivity contribution in [3.05, 3.63) is 0 Å². The molecule has 0 atom stereocenters. The van der Waals surface area contributed by atoms with Crippen molar-refractivity contribution in [3.63, 3.8) is 0 Å².